The highest BCUT2D eigenvalue weighted by Crippen LogP contribution is 2.13. The summed E-state index contributed by atoms with van der Waals surface area (Å²) in [6.45, 7) is 4.00. The first kappa shape index (κ1) is 18.1. The van der Waals surface area contributed by atoms with Gasteiger partial charge in [0, 0.05) is 37.3 Å². The zero-order chi connectivity index (χ0) is 18.7. The lowest BCUT2D eigenvalue weighted by atomic mass is 10.3. The standard InChI is InChI=1S/C17H19ClN4O4/c1-2-26-17(25)21-9-7-20(8-10-21)14-11-15(23)22(16(24)19-14)13-5-3-12(18)4-6-13/h3-6,11H,2,7-10H2,1H3,(H,19,24). The van der Waals surface area contributed by atoms with E-state index in [9.17, 15) is 14.4 Å². The van der Waals surface area contributed by atoms with E-state index < -0.39 is 11.2 Å². The molecule has 2 heterocycles. The maximum absolute atomic E-state index is 12.4. The number of nitrogens with zero attached hydrogens (tertiary/aromatic N) is 3. The van der Waals surface area contributed by atoms with E-state index in [1.54, 1.807) is 36.1 Å². The predicted molar refractivity (Wildman–Crippen MR) is 98.5 cm³/mol. The van der Waals surface area contributed by atoms with Crippen molar-refractivity contribution in [3.8, 4) is 5.69 Å². The van der Waals surface area contributed by atoms with Crippen molar-refractivity contribution in [3.63, 3.8) is 0 Å². The molecule has 1 aromatic carbocycles. The summed E-state index contributed by atoms with van der Waals surface area (Å²) in [6, 6.07) is 7.83. The summed E-state index contributed by atoms with van der Waals surface area (Å²) in [7, 11) is 0. The van der Waals surface area contributed by atoms with Crippen molar-refractivity contribution >= 4 is 23.5 Å². The van der Waals surface area contributed by atoms with Crippen LogP contribution in [0.1, 0.15) is 6.92 Å². The number of carbonyl (C=O) groups excluding carboxylic acids is 1. The third-order valence-electron chi connectivity index (χ3n) is 4.15. The first-order valence-electron chi connectivity index (χ1n) is 8.28. The fraction of sp³-hybridized carbons (Fsp3) is 0.353. The minimum atomic E-state index is -0.525. The number of hydrogen-bond donors (Lipinski definition) is 1. The van der Waals surface area contributed by atoms with Crippen LogP contribution in [-0.2, 0) is 4.74 Å². The number of aromatic nitrogens is 2. The zero-order valence-corrected chi connectivity index (χ0v) is 15.0. The van der Waals surface area contributed by atoms with Gasteiger partial charge in [0.05, 0.1) is 12.3 Å². The van der Waals surface area contributed by atoms with Crippen LogP contribution in [0.3, 0.4) is 0 Å². The lowest BCUT2D eigenvalue weighted by Gasteiger charge is -2.34. The number of halogens is 1. The second kappa shape index (κ2) is 7.65. The molecule has 0 saturated carbocycles. The summed E-state index contributed by atoms with van der Waals surface area (Å²) in [4.78, 5) is 42.8. The summed E-state index contributed by atoms with van der Waals surface area (Å²) in [5.74, 6) is 0.439. The maximum Gasteiger partial charge on any atom is 0.409 e. The van der Waals surface area contributed by atoms with Gasteiger partial charge in [-0.2, -0.15) is 0 Å². The van der Waals surface area contributed by atoms with Crippen LogP contribution in [0.25, 0.3) is 5.69 Å². The van der Waals surface area contributed by atoms with Crippen LogP contribution < -0.4 is 16.1 Å². The zero-order valence-electron chi connectivity index (χ0n) is 14.3. The van der Waals surface area contributed by atoms with E-state index in [1.807, 2.05) is 4.90 Å². The van der Waals surface area contributed by atoms with E-state index in [-0.39, 0.29) is 6.09 Å². The molecule has 3 rings (SSSR count). The van der Waals surface area contributed by atoms with Crippen LogP contribution in [-0.4, -0.2) is 53.3 Å². The smallest absolute Gasteiger partial charge is 0.409 e. The van der Waals surface area contributed by atoms with Crippen molar-refractivity contribution in [2.45, 2.75) is 6.92 Å². The van der Waals surface area contributed by atoms with Gasteiger partial charge in [-0.25, -0.2) is 14.2 Å². The number of ether oxygens (including phenoxy) is 1. The van der Waals surface area contributed by atoms with Crippen molar-refractivity contribution in [3.05, 3.63) is 56.2 Å². The first-order valence-corrected chi connectivity index (χ1v) is 8.66. The summed E-state index contributed by atoms with van der Waals surface area (Å²) in [5.41, 5.74) is -0.513. The van der Waals surface area contributed by atoms with Gasteiger partial charge in [-0.05, 0) is 31.2 Å². The highest BCUT2D eigenvalue weighted by molar-refractivity contribution is 6.30. The van der Waals surface area contributed by atoms with Gasteiger partial charge in [0.2, 0.25) is 0 Å². The molecule has 8 nitrogen and oxygen atoms in total. The molecule has 1 aromatic heterocycles. The third-order valence-corrected chi connectivity index (χ3v) is 4.40. The van der Waals surface area contributed by atoms with Crippen LogP contribution in [0.2, 0.25) is 5.02 Å². The van der Waals surface area contributed by atoms with Crippen molar-refractivity contribution in [2.24, 2.45) is 0 Å². The van der Waals surface area contributed by atoms with Crippen LogP contribution in [0.5, 0.6) is 0 Å². The van der Waals surface area contributed by atoms with Crippen LogP contribution in [0.15, 0.2) is 39.9 Å². The van der Waals surface area contributed by atoms with Crippen molar-refractivity contribution in [1.29, 1.82) is 0 Å². The molecule has 1 fully saturated rings. The molecule has 0 atom stereocenters. The summed E-state index contributed by atoms with van der Waals surface area (Å²) in [6.07, 6.45) is -0.348. The number of hydrogen-bond acceptors (Lipinski definition) is 5. The average Bonchev–Trinajstić information content (AvgIpc) is 2.63. The Balaban J connectivity index is 1.79. The molecular formula is C17H19ClN4O4. The second-order valence-electron chi connectivity index (χ2n) is 5.78. The molecule has 0 spiro atoms. The van der Waals surface area contributed by atoms with Gasteiger partial charge in [0.25, 0.3) is 5.56 Å². The van der Waals surface area contributed by atoms with E-state index in [0.29, 0.717) is 49.3 Å². The molecule has 9 heteroatoms. The Labute approximate surface area is 154 Å². The van der Waals surface area contributed by atoms with Crippen molar-refractivity contribution < 1.29 is 9.53 Å². The van der Waals surface area contributed by atoms with Gasteiger partial charge < -0.3 is 14.5 Å². The SMILES string of the molecule is CCOC(=O)N1CCN(c2cc(=O)n(-c3ccc(Cl)cc3)c(=O)[nH]2)CC1. The monoisotopic (exact) mass is 378 g/mol. The van der Waals surface area contributed by atoms with Gasteiger partial charge >= 0.3 is 11.8 Å². The molecule has 1 aliphatic rings. The van der Waals surface area contributed by atoms with Gasteiger partial charge in [-0.1, -0.05) is 11.6 Å². The lowest BCUT2D eigenvalue weighted by molar-refractivity contribution is 0.105. The number of H-pyrrole nitrogens is 1. The number of anilines is 1. The highest BCUT2D eigenvalue weighted by Gasteiger charge is 2.23. The van der Waals surface area contributed by atoms with Crippen LogP contribution in [0, 0.1) is 0 Å². The Morgan fingerprint density at radius 2 is 1.81 bits per heavy atom. The lowest BCUT2D eigenvalue weighted by Crippen LogP contribution is -2.50. The number of amides is 1. The summed E-state index contributed by atoms with van der Waals surface area (Å²) >= 11 is 5.84. The topological polar surface area (TPSA) is 87.6 Å². The van der Waals surface area contributed by atoms with E-state index in [4.69, 9.17) is 16.3 Å². The molecule has 0 radical (unpaired) electrons. The quantitative estimate of drug-likeness (QED) is 0.873. The molecule has 1 amide bonds. The first-order chi connectivity index (χ1) is 12.5. The second-order valence-corrected chi connectivity index (χ2v) is 6.22. The molecule has 1 N–H and O–H groups in total. The van der Waals surface area contributed by atoms with Gasteiger partial charge in [-0.3, -0.25) is 9.78 Å². The molecule has 0 aliphatic carbocycles. The van der Waals surface area contributed by atoms with Gasteiger partial charge in [0.15, 0.2) is 0 Å². The fourth-order valence-corrected chi connectivity index (χ4v) is 2.96. The van der Waals surface area contributed by atoms with E-state index in [1.165, 1.54) is 6.07 Å². The van der Waals surface area contributed by atoms with Crippen molar-refractivity contribution in [1.82, 2.24) is 14.5 Å². The molecule has 1 aliphatic heterocycles. The highest BCUT2D eigenvalue weighted by atomic mass is 35.5. The van der Waals surface area contributed by atoms with Crippen LogP contribution in [0.4, 0.5) is 10.6 Å². The van der Waals surface area contributed by atoms with E-state index in [0.717, 1.165) is 4.57 Å². The minimum absolute atomic E-state index is 0.329. The molecule has 1 saturated heterocycles. The molecule has 0 unspecified atom stereocenters. The third kappa shape index (κ3) is 3.75. The normalized spacial score (nSPS) is 14.4. The van der Waals surface area contributed by atoms with Gasteiger partial charge in [0.1, 0.15) is 5.82 Å². The fourth-order valence-electron chi connectivity index (χ4n) is 2.83. The number of piperazine rings is 1. The number of carbonyl (C=O) groups is 1. The molecule has 0 bridgehead atoms. The average molecular weight is 379 g/mol. The van der Waals surface area contributed by atoms with Gasteiger partial charge in [-0.15, -0.1) is 0 Å². The number of nitrogens with one attached hydrogen (secondary N) is 1. The Bertz CT molecular complexity index is 867. The summed E-state index contributed by atoms with van der Waals surface area (Å²) < 4.78 is 6.03. The predicted octanol–water partition coefficient (Wildman–Crippen LogP) is 1.46. The van der Waals surface area contributed by atoms with E-state index >= 15 is 0 Å². The maximum atomic E-state index is 12.4. The Morgan fingerprint density at radius 1 is 1.15 bits per heavy atom. The van der Waals surface area contributed by atoms with Crippen molar-refractivity contribution in [2.75, 3.05) is 37.7 Å². The molecular weight excluding hydrogens is 360 g/mol. The van der Waals surface area contributed by atoms with Crippen LogP contribution >= 0.6 is 11.6 Å². The molecule has 138 valence electrons. The minimum Gasteiger partial charge on any atom is -0.450 e. The largest absolute Gasteiger partial charge is 0.450 e. The number of benzene rings is 1. The Hall–Kier alpha value is -2.74. The molecule has 2 aromatic rings. The molecule has 26 heavy (non-hydrogen) atoms. The van der Waals surface area contributed by atoms with E-state index in [2.05, 4.69) is 4.98 Å². The number of aromatic amines is 1. The summed E-state index contributed by atoms with van der Waals surface area (Å²) in [5, 5.41) is 0.523. The Morgan fingerprint density at radius 3 is 2.38 bits per heavy atom. The number of rotatable bonds is 3. The Kier molecular flexibility index (Phi) is 5.32.